The molecular formula is C20H17N3O2S. The van der Waals surface area contributed by atoms with Crippen LogP contribution in [0, 0.1) is 18.3 Å². The van der Waals surface area contributed by atoms with Crippen molar-refractivity contribution in [2.45, 2.75) is 11.9 Å². The highest BCUT2D eigenvalue weighted by atomic mass is 32.2. The summed E-state index contributed by atoms with van der Waals surface area (Å²) in [4.78, 5) is 16.8. The summed E-state index contributed by atoms with van der Waals surface area (Å²) in [6.07, 6.45) is 0. The maximum Gasteiger partial charge on any atom is 0.234 e. The van der Waals surface area contributed by atoms with Crippen LogP contribution in [0.15, 0.2) is 53.6 Å². The lowest BCUT2D eigenvalue weighted by Crippen LogP contribution is -2.14. The number of rotatable bonds is 5. The number of amides is 1. The largest absolute Gasteiger partial charge is 0.497 e. The molecule has 1 aromatic heterocycles. The Hall–Kier alpha value is -3.04. The van der Waals surface area contributed by atoms with Crippen molar-refractivity contribution in [1.29, 1.82) is 5.26 Å². The molecule has 130 valence electrons. The van der Waals surface area contributed by atoms with Gasteiger partial charge in [-0.1, -0.05) is 30.0 Å². The van der Waals surface area contributed by atoms with Crippen LogP contribution in [0.1, 0.15) is 11.1 Å². The topological polar surface area (TPSA) is 75.0 Å². The predicted molar refractivity (Wildman–Crippen MR) is 104 cm³/mol. The number of hydrogen-bond donors (Lipinski definition) is 1. The summed E-state index contributed by atoms with van der Waals surface area (Å²) < 4.78 is 5.14. The van der Waals surface area contributed by atoms with E-state index in [1.54, 1.807) is 19.2 Å². The van der Waals surface area contributed by atoms with E-state index >= 15 is 0 Å². The molecule has 2 aromatic carbocycles. The number of carbonyl (C=O) groups excluding carboxylic acids is 1. The molecule has 0 saturated carbocycles. The zero-order valence-electron chi connectivity index (χ0n) is 14.4. The molecule has 0 aliphatic rings. The van der Waals surface area contributed by atoms with Crippen molar-refractivity contribution in [3.05, 3.63) is 59.7 Å². The molecule has 0 aliphatic heterocycles. The summed E-state index contributed by atoms with van der Waals surface area (Å²) in [6, 6.07) is 17.0. The highest BCUT2D eigenvalue weighted by Crippen LogP contribution is 2.25. The highest BCUT2D eigenvalue weighted by Gasteiger charge is 2.11. The van der Waals surface area contributed by atoms with Crippen molar-refractivity contribution < 1.29 is 9.53 Å². The second-order valence-electron chi connectivity index (χ2n) is 5.72. The van der Waals surface area contributed by atoms with Gasteiger partial charge in [-0.2, -0.15) is 5.26 Å². The molecule has 0 aliphatic carbocycles. The van der Waals surface area contributed by atoms with E-state index in [2.05, 4.69) is 16.4 Å². The van der Waals surface area contributed by atoms with Crippen LogP contribution in [0.2, 0.25) is 0 Å². The van der Waals surface area contributed by atoms with Gasteiger partial charge in [-0.25, -0.2) is 4.98 Å². The number of methoxy groups -OCH3 is 1. The molecule has 0 saturated heterocycles. The summed E-state index contributed by atoms with van der Waals surface area (Å²) in [6.45, 7) is 1.99. The highest BCUT2D eigenvalue weighted by molar-refractivity contribution is 8.00. The first-order chi connectivity index (χ1) is 12.6. The SMILES string of the molecule is COc1cccc(NC(=O)CSc2nc3cc(C)ccc3cc2C#N)c1. The number of nitrogens with zero attached hydrogens (tertiary/aromatic N) is 2. The van der Waals surface area contributed by atoms with Crippen LogP contribution in [-0.4, -0.2) is 23.8 Å². The Morgan fingerprint density at radius 1 is 1.27 bits per heavy atom. The fourth-order valence-electron chi connectivity index (χ4n) is 2.48. The molecule has 0 unspecified atom stereocenters. The van der Waals surface area contributed by atoms with Crippen LogP contribution in [0.5, 0.6) is 5.75 Å². The second-order valence-corrected chi connectivity index (χ2v) is 6.68. The third-order valence-electron chi connectivity index (χ3n) is 3.75. The summed E-state index contributed by atoms with van der Waals surface area (Å²) in [5.74, 6) is 0.669. The maximum atomic E-state index is 12.2. The number of benzene rings is 2. The van der Waals surface area contributed by atoms with Crippen LogP contribution in [0.25, 0.3) is 10.9 Å². The molecule has 1 heterocycles. The van der Waals surface area contributed by atoms with Gasteiger partial charge in [0.05, 0.1) is 23.9 Å². The van der Waals surface area contributed by atoms with E-state index in [-0.39, 0.29) is 11.7 Å². The van der Waals surface area contributed by atoms with Crippen LogP contribution in [-0.2, 0) is 4.79 Å². The van der Waals surface area contributed by atoms with Crippen molar-refractivity contribution in [1.82, 2.24) is 4.98 Å². The van der Waals surface area contributed by atoms with Gasteiger partial charge in [0.15, 0.2) is 0 Å². The number of pyridine rings is 1. The van der Waals surface area contributed by atoms with E-state index < -0.39 is 0 Å². The Morgan fingerprint density at radius 2 is 2.12 bits per heavy atom. The molecule has 0 fully saturated rings. The second kappa shape index (κ2) is 7.89. The van der Waals surface area contributed by atoms with Crippen molar-refractivity contribution in [2.24, 2.45) is 0 Å². The monoisotopic (exact) mass is 363 g/mol. The molecule has 0 bridgehead atoms. The van der Waals surface area contributed by atoms with Crippen LogP contribution < -0.4 is 10.1 Å². The summed E-state index contributed by atoms with van der Waals surface area (Å²) in [5.41, 5.74) is 3.05. The van der Waals surface area contributed by atoms with E-state index in [1.807, 2.05) is 43.3 Å². The lowest BCUT2D eigenvalue weighted by molar-refractivity contribution is -0.113. The number of thioether (sulfide) groups is 1. The zero-order chi connectivity index (χ0) is 18.5. The lowest BCUT2D eigenvalue weighted by Gasteiger charge is -2.08. The number of fused-ring (bicyclic) bond motifs is 1. The summed E-state index contributed by atoms with van der Waals surface area (Å²) in [5, 5.41) is 13.7. The molecule has 5 nitrogen and oxygen atoms in total. The maximum absolute atomic E-state index is 12.2. The zero-order valence-corrected chi connectivity index (χ0v) is 15.3. The predicted octanol–water partition coefficient (Wildman–Crippen LogP) is 4.15. The average molecular weight is 363 g/mol. The number of aromatic nitrogens is 1. The number of anilines is 1. The van der Waals surface area contributed by atoms with Gasteiger partial charge >= 0.3 is 0 Å². The van der Waals surface area contributed by atoms with Crippen LogP contribution in [0.3, 0.4) is 0 Å². The Bertz CT molecular complexity index is 1010. The molecule has 6 heteroatoms. The van der Waals surface area contributed by atoms with Crippen molar-refractivity contribution in [2.75, 3.05) is 18.2 Å². The van der Waals surface area contributed by atoms with E-state index in [9.17, 15) is 10.1 Å². The first kappa shape index (κ1) is 17.8. The van der Waals surface area contributed by atoms with Crippen LogP contribution in [0.4, 0.5) is 5.69 Å². The lowest BCUT2D eigenvalue weighted by atomic mass is 10.1. The van der Waals surface area contributed by atoms with Gasteiger partial charge in [-0.05, 0) is 36.8 Å². The third-order valence-corrected chi connectivity index (χ3v) is 4.74. The van der Waals surface area contributed by atoms with E-state index in [4.69, 9.17) is 4.74 Å². The molecule has 0 spiro atoms. The van der Waals surface area contributed by atoms with Gasteiger partial charge in [-0.15, -0.1) is 0 Å². The summed E-state index contributed by atoms with van der Waals surface area (Å²) >= 11 is 1.25. The van der Waals surface area contributed by atoms with Crippen molar-refractivity contribution in [3.8, 4) is 11.8 Å². The Labute approximate surface area is 156 Å². The number of ether oxygens (including phenoxy) is 1. The molecular weight excluding hydrogens is 346 g/mol. The minimum atomic E-state index is -0.168. The molecule has 0 atom stereocenters. The van der Waals surface area contributed by atoms with Gasteiger partial charge in [0.25, 0.3) is 0 Å². The molecule has 0 radical (unpaired) electrons. The van der Waals surface area contributed by atoms with Gasteiger partial charge in [0.1, 0.15) is 16.8 Å². The number of carbonyl (C=O) groups is 1. The van der Waals surface area contributed by atoms with Crippen molar-refractivity contribution in [3.63, 3.8) is 0 Å². The minimum Gasteiger partial charge on any atom is -0.497 e. The molecule has 3 rings (SSSR count). The minimum absolute atomic E-state index is 0.163. The number of aryl methyl sites for hydroxylation is 1. The standard InChI is InChI=1S/C20H17N3O2S/c1-13-6-7-14-9-15(11-21)20(23-18(14)8-13)26-12-19(24)22-16-4-3-5-17(10-16)25-2/h3-10H,12H2,1-2H3,(H,22,24). The van der Waals surface area contributed by atoms with Crippen molar-refractivity contribution >= 4 is 34.3 Å². The Morgan fingerprint density at radius 3 is 2.88 bits per heavy atom. The van der Waals surface area contributed by atoms with Gasteiger partial charge in [-0.3, -0.25) is 4.79 Å². The smallest absolute Gasteiger partial charge is 0.234 e. The van der Waals surface area contributed by atoms with Gasteiger partial charge in [0, 0.05) is 17.1 Å². The normalized spacial score (nSPS) is 10.3. The summed E-state index contributed by atoms with van der Waals surface area (Å²) in [7, 11) is 1.58. The quantitative estimate of drug-likeness (QED) is 0.689. The molecule has 3 aromatic rings. The number of nitrogens with one attached hydrogen (secondary N) is 1. The van der Waals surface area contributed by atoms with E-state index in [0.29, 0.717) is 22.0 Å². The first-order valence-corrected chi connectivity index (χ1v) is 8.96. The molecule has 1 N–H and O–H groups in total. The molecule has 1 amide bonds. The van der Waals surface area contributed by atoms with Gasteiger partial charge < -0.3 is 10.1 Å². The fraction of sp³-hybridized carbons (Fsp3) is 0.150. The molecule has 26 heavy (non-hydrogen) atoms. The van der Waals surface area contributed by atoms with E-state index in [0.717, 1.165) is 16.5 Å². The van der Waals surface area contributed by atoms with Gasteiger partial charge in [0.2, 0.25) is 5.91 Å². The Balaban J connectivity index is 1.74. The Kier molecular flexibility index (Phi) is 5.40. The number of hydrogen-bond acceptors (Lipinski definition) is 5. The first-order valence-electron chi connectivity index (χ1n) is 7.97. The number of nitriles is 1. The fourth-order valence-corrected chi connectivity index (χ4v) is 3.24. The average Bonchev–Trinajstić information content (AvgIpc) is 2.65. The van der Waals surface area contributed by atoms with E-state index in [1.165, 1.54) is 11.8 Å². The van der Waals surface area contributed by atoms with Crippen LogP contribution >= 0.6 is 11.8 Å². The third kappa shape index (κ3) is 4.13.